The van der Waals surface area contributed by atoms with Gasteiger partial charge in [0.25, 0.3) is 0 Å². The Morgan fingerprint density at radius 1 is 1.00 bits per heavy atom. The minimum Gasteiger partial charge on any atom is -0.312 e. The Labute approximate surface area is 151 Å². The molecule has 2 heterocycles. The second kappa shape index (κ2) is 6.08. The van der Waals surface area contributed by atoms with E-state index in [0.717, 1.165) is 27.9 Å². The minimum absolute atomic E-state index is 0.472. The Bertz CT molecular complexity index is 1100. The number of aromatic nitrogens is 2. The van der Waals surface area contributed by atoms with Gasteiger partial charge in [0.2, 0.25) is 0 Å². The average molecular weight is 344 g/mol. The molecule has 2 aromatic heterocycles. The van der Waals surface area contributed by atoms with E-state index in [9.17, 15) is 0 Å². The van der Waals surface area contributed by atoms with Crippen LogP contribution in [0.25, 0.3) is 32.7 Å². The quantitative estimate of drug-likeness (QED) is 0.398. The van der Waals surface area contributed by atoms with Gasteiger partial charge in [-0.1, -0.05) is 65.7 Å². The molecule has 0 unspecified atom stereocenters. The number of hydrogen-bond donors (Lipinski definition) is 0. The third-order valence-electron chi connectivity index (χ3n) is 4.28. The van der Waals surface area contributed by atoms with Gasteiger partial charge in [-0.25, -0.2) is 9.83 Å². The van der Waals surface area contributed by atoms with Crippen molar-refractivity contribution in [2.45, 2.75) is 6.92 Å². The smallest absolute Gasteiger partial charge is 0.187 e. The van der Waals surface area contributed by atoms with E-state index in [4.69, 9.17) is 18.2 Å². The van der Waals surface area contributed by atoms with E-state index < -0.39 is 0 Å². The molecular weight excluding hydrogens is 330 g/mol. The lowest BCUT2D eigenvalue weighted by atomic mass is 10.0. The predicted molar refractivity (Wildman–Crippen MR) is 102 cm³/mol. The summed E-state index contributed by atoms with van der Waals surface area (Å²) in [7, 11) is 0. The first kappa shape index (κ1) is 15.4. The molecule has 0 bridgehead atoms. The maximum Gasteiger partial charge on any atom is 0.187 e. The molecule has 0 atom stereocenters. The molecule has 0 aliphatic carbocycles. The van der Waals surface area contributed by atoms with Crippen LogP contribution in [0.4, 0.5) is 5.69 Å². The molecule has 0 saturated heterocycles. The van der Waals surface area contributed by atoms with Gasteiger partial charge < -0.3 is 4.40 Å². The molecule has 3 nitrogen and oxygen atoms in total. The summed E-state index contributed by atoms with van der Waals surface area (Å²) in [5.74, 6) is 0. The van der Waals surface area contributed by atoms with E-state index >= 15 is 0 Å². The Balaban J connectivity index is 2.02. The molecule has 0 aliphatic rings. The zero-order chi connectivity index (χ0) is 17.4. The van der Waals surface area contributed by atoms with E-state index in [1.165, 1.54) is 5.56 Å². The topological polar surface area (TPSA) is 21.7 Å². The molecule has 4 heteroatoms. The summed E-state index contributed by atoms with van der Waals surface area (Å²) in [6, 6.07) is 18.1. The third kappa shape index (κ3) is 2.67. The largest absolute Gasteiger partial charge is 0.312 e. The van der Waals surface area contributed by atoms with Crippen molar-refractivity contribution in [3.63, 3.8) is 0 Å². The number of hydrogen-bond acceptors (Lipinski definition) is 1. The van der Waals surface area contributed by atoms with Crippen LogP contribution < -0.4 is 0 Å². The minimum atomic E-state index is 0.472. The first-order valence-electron chi connectivity index (χ1n) is 7.88. The molecule has 4 rings (SSSR count). The summed E-state index contributed by atoms with van der Waals surface area (Å²) in [6.45, 7) is 9.20. The van der Waals surface area contributed by atoms with E-state index in [2.05, 4.69) is 51.5 Å². The van der Waals surface area contributed by atoms with Crippen molar-refractivity contribution in [2.24, 2.45) is 0 Å². The highest BCUT2D eigenvalue weighted by molar-refractivity contribution is 6.32. The fraction of sp³-hybridized carbons (Fsp3) is 0.0476. The second-order valence-corrected chi connectivity index (χ2v) is 6.26. The molecule has 0 fully saturated rings. The maximum atomic E-state index is 7.13. The van der Waals surface area contributed by atoms with Gasteiger partial charge in [-0.05, 0) is 24.1 Å². The van der Waals surface area contributed by atoms with Crippen LogP contribution in [0.1, 0.15) is 5.56 Å². The molecule has 2 aromatic carbocycles. The predicted octanol–water partition coefficient (Wildman–Crippen LogP) is 6.18. The van der Waals surface area contributed by atoms with Crippen LogP contribution in [0.15, 0.2) is 67.0 Å². The summed E-state index contributed by atoms with van der Waals surface area (Å²) < 4.78 is 2.07. The van der Waals surface area contributed by atoms with Crippen molar-refractivity contribution in [1.82, 2.24) is 9.38 Å². The number of fused-ring (bicyclic) bond motifs is 1. The molecule has 0 saturated carbocycles. The van der Waals surface area contributed by atoms with Crippen LogP contribution in [-0.4, -0.2) is 9.38 Å². The van der Waals surface area contributed by atoms with Gasteiger partial charge in [-0.15, -0.1) is 0 Å². The van der Waals surface area contributed by atoms with Crippen molar-refractivity contribution in [1.29, 1.82) is 0 Å². The van der Waals surface area contributed by atoms with Crippen LogP contribution in [0, 0.1) is 13.5 Å². The second-order valence-electron chi connectivity index (χ2n) is 5.90. The fourth-order valence-corrected chi connectivity index (χ4v) is 3.21. The highest BCUT2D eigenvalue weighted by Crippen LogP contribution is 2.37. The molecule has 0 spiro atoms. The lowest BCUT2D eigenvalue weighted by molar-refractivity contribution is 1.15. The number of halogens is 1. The van der Waals surface area contributed by atoms with E-state index in [1.54, 1.807) is 6.20 Å². The summed E-state index contributed by atoms with van der Waals surface area (Å²) in [6.07, 6.45) is 3.63. The lowest BCUT2D eigenvalue weighted by Crippen LogP contribution is -1.91. The third-order valence-corrected chi connectivity index (χ3v) is 4.58. The van der Waals surface area contributed by atoms with E-state index in [1.807, 2.05) is 30.5 Å². The van der Waals surface area contributed by atoms with Crippen LogP contribution in [0.3, 0.4) is 0 Å². The summed E-state index contributed by atoms with van der Waals surface area (Å²) in [4.78, 5) is 7.66. The van der Waals surface area contributed by atoms with Crippen molar-refractivity contribution < 1.29 is 0 Å². The first-order chi connectivity index (χ1) is 12.2. The Morgan fingerprint density at radius 2 is 1.68 bits per heavy atom. The maximum absolute atomic E-state index is 7.13. The normalized spacial score (nSPS) is 10.8. The molecule has 4 aromatic rings. The Hall–Kier alpha value is -3.09. The Morgan fingerprint density at radius 3 is 2.36 bits per heavy atom. The van der Waals surface area contributed by atoms with Gasteiger partial charge in [0.05, 0.1) is 17.8 Å². The van der Waals surface area contributed by atoms with Gasteiger partial charge >= 0.3 is 0 Å². The standard InChI is InChI=1S/C21H14ClN3/c1-14-3-5-16(6-4-14)20-18(15-7-9-17(23-2)10-8-15)13-19-21(22)24-11-12-25(19)20/h3-13H,1H3. The number of benzene rings is 2. The molecule has 120 valence electrons. The summed E-state index contributed by atoms with van der Waals surface area (Å²) >= 11 is 6.32. The molecule has 0 radical (unpaired) electrons. The summed E-state index contributed by atoms with van der Waals surface area (Å²) in [5, 5.41) is 0.472. The van der Waals surface area contributed by atoms with Crippen molar-refractivity contribution in [2.75, 3.05) is 0 Å². The van der Waals surface area contributed by atoms with Crippen LogP contribution >= 0.6 is 11.6 Å². The number of rotatable bonds is 2. The molecule has 0 aliphatic heterocycles. The van der Waals surface area contributed by atoms with Crippen molar-refractivity contribution in [3.05, 3.63) is 89.1 Å². The van der Waals surface area contributed by atoms with Gasteiger partial charge in [-0.3, -0.25) is 0 Å². The number of aryl methyl sites for hydroxylation is 1. The first-order valence-corrected chi connectivity index (χ1v) is 8.25. The zero-order valence-electron chi connectivity index (χ0n) is 13.6. The highest BCUT2D eigenvalue weighted by Gasteiger charge is 2.16. The molecule has 0 N–H and O–H groups in total. The van der Waals surface area contributed by atoms with Gasteiger partial charge in [-0.2, -0.15) is 0 Å². The van der Waals surface area contributed by atoms with Crippen LogP contribution in [0.5, 0.6) is 0 Å². The highest BCUT2D eigenvalue weighted by atomic mass is 35.5. The Kier molecular flexibility index (Phi) is 3.76. The average Bonchev–Trinajstić information content (AvgIpc) is 3.03. The monoisotopic (exact) mass is 343 g/mol. The van der Waals surface area contributed by atoms with E-state index in [-0.39, 0.29) is 0 Å². The van der Waals surface area contributed by atoms with Crippen molar-refractivity contribution >= 4 is 22.8 Å². The number of nitrogens with zero attached hydrogens (tertiary/aromatic N) is 3. The summed E-state index contributed by atoms with van der Waals surface area (Å²) in [5.41, 5.74) is 6.99. The molecule has 0 amide bonds. The molecule has 25 heavy (non-hydrogen) atoms. The zero-order valence-corrected chi connectivity index (χ0v) is 14.3. The lowest BCUT2D eigenvalue weighted by Gasteiger charge is -2.08. The molecular formula is C21H14ClN3. The van der Waals surface area contributed by atoms with Crippen molar-refractivity contribution in [3.8, 4) is 22.4 Å². The van der Waals surface area contributed by atoms with Gasteiger partial charge in [0.15, 0.2) is 10.8 Å². The van der Waals surface area contributed by atoms with E-state index in [0.29, 0.717) is 10.8 Å². The van der Waals surface area contributed by atoms with Crippen LogP contribution in [0.2, 0.25) is 5.15 Å². The van der Waals surface area contributed by atoms with Gasteiger partial charge in [0.1, 0.15) is 0 Å². The van der Waals surface area contributed by atoms with Gasteiger partial charge in [0, 0.05) is 18.0 Å². The fourth-order valence-electron chi connectivity index (χ4n) is 3.01. The SMILES string of the molecule is [C-]#[N+]c1ccc(-c2cc3c(Cl)nccn3c2-c2ccc(C)cc2)cc1. The van der Waals surface area contributed by atoms with Crippen LogP contribution in [-0.2, 0) is 0 Å².